The summed E-state index contributed by atoms with van der Waals surface area (Å²) < 4.78 is 0. The summed E-state index contributed by atoms with van der Waals surface area (Å²) in [6.45, 7) is 0.736. The summed E-state index contributed by atoms with van der Waals surface area (Å²) in [7, 11) is 0. The quantitative estimate of drug-likeness (QED) is 0.779. The van der Waals surface area contributed by atoms with Gasteiger partial charge >= 0.3 is 0 Å². The number of amides is 1. The Morgan fingerprint density at radius 3 is 2.76 bits per heavy atom. The Hall–Kier alpha value is -1.55. The highest BCUT2D eigenvalue weighted by molar-refractivity contribution is 5.95. The third-order valence-corrected chi connectivity index (χ3v) is 4.60. The SMILES string of the molecule is NCC1CCCCC1Nc1cccc(C(=O)NC2CC2)c1. The Labute approximate surface area is 126 Å². The summed E-state index contributed by atoms with van der Waals surface area (Å²) in [4.78, 5) is 12.1. The van der Waals surface area contributed by atoms with Crippen molar-refractivity contribution in [2.75, 3.05) is 11.9 Å². The Balaban J connectivity index is 1.65. The first-order valence-electron chi connectivity index (χ1n) is 8.14. The van der Waals surface area contributed by atoms with Gasteiger partial charge in [-0.2, -0.15) is 0 Å². The standard InChI is InChI=1S/C17H25N3O/c18-11-13-4-1-2-7-16(13)19-15-6-3-5-12(10-15)17(21)20-14-8-9-14/h3,5-6,10,13-14,16,19H,1-2,4,7-9,11,18H2,(H,20,21). The molecule has 2 saturated carbocycles. The van der Waals surface area contributed by atoms with Crippen LogP contribution in [0, 0.1) is 5.92 Å². The van der Waals surface area contributed by atoms with Gasteiger partial charge in [0.25, 0.3) is 5.91 Å². The first-order valence-corrected chi connectivity index (χ1v) is 8.14. The minimum absolute atomic E-state index is 0.0418. The number of nitrogens with one attached hydrogen (secondary N) is 2. The lowest BCUT2D eigenvalue weighted by molar-refractivity contribution is 0.0951. The molecule has 0 aromatic heterocycles. The van der Waals surface area contributed by atoms with Crippen molar-refractivity contribution in [2.45, 2.75) is 50.6 Å². The molecule has 2 unspecified atom stereocenters. The van der Waals surface area contributed by atoms with E-state index in [2.05, 4.69) is 10.6 Å². The molecule has 1 aromatic rings. The molecule has 4 N–H and O–H groups in total. The zero-order valence-corrected chi connectivity index (χ0v) is 12.5. The predicted molar refractivity (Wildman–Crippen MR) is 85.4 cm³/mol. The molecule has 114 valence electrons. The highest BCUT2D eigenvalue weighted by atomic mass is 16.1. The molecule has 0 bridgehead atoms. The molecule has 4 heteroatoms. The zero-order chi connectivity index (χ0) is 14.7. The van der Waals surface area contributed by atoms with Crippen molar-refractivity contribution in [1.29, 1.82) is 0 Å². The van der Waals surface area contributed by atoms with Gasteiger partial charge in [0.2, 0.25) is 0 Å². The van der Waals surface area contributed by atoms with E-state index in [1.807, 2.05) is 24.3 Å². The predicted octanol–water partition coefficient (Wildman–Crippen LogP) is 2.51. The van der Waals surface area contributed by atoms with Crippen LogP contribution in [0.1, 0.15) is 48.9 Å². The van der Waals surface area contributed by atoms with E-state index < -0.39 is 0 Å². The average molecular weight is 287 g/mol. The van der Waals surface area contributed by atoms with E-state index in [9.17, 15) is 4.79 Å². The van der Waals surface area contributed by atoms with Crippen molar-refractivity contribution in [1.82, 2.24) is 5.32 Å². The summed E-state index contributed by atoms with van der Waals surface area (Å²) in [5.41, 5.74) is 7.66. The van der Waals surface area contributed by atoms with Crippen molar-refractivity contribution in [3.8, 4) is 0 Å². The van der Waals surface area contributed by atoms with E-state index in [-0.39, 0.29) is 5.91 Å². The third-order valence-electron chi connectivity index (χ3n) is 4.60. The van der Waals surface area contributed by atoms with E-state index in [1.54, 1.807) is 0 Å². The van der Waals surface area contributed by atoms with Crippen LogP contribution in [0.4, 0.5) is 5.69 Å². The zero-order valence-electron chi connectivity index (χ0n) is 12.5. The van der Waals surface area contributed by atoms with Gasteiger partial charge in [0, 0.05) is 23.3 Å². The molecular weight excluding hydrogens is 262 g/mol. The average Bonchev–Trinajstić information content (AvgIpc) is 3.32. The number of rotatable bonds is 5. The normalized spacial score (nSPS) is 25.4. The number of benzene rings is 1. The van der Waals surface area contributed by atoms with Gasteiger partial charge in [-0.1, -0.05) is 18.9 Å². The van der Waals surface area contributed by atoms with Crippen LogP contribution in [0.5, 0.6) is 0 Å². The molecule has 1 aromatic carbocycles. The van der Waals surface area contributed by atoms with Crippen molar-refractivity contribution >= 4 is 11.6 Å². The topological polar surface area (TPSA) is 67.1 Å². The van der Waals surface area contributed by atoms with Gasteiger partial charge in [-0.25, -0.2) is 0 Å². The minimum atomic E-state index is 0.0418. The van der Waals surface area contributed by atoms with E-state index in [4.69, 9.17) is 5.73 Å². The highest BCUT2D eigenvalue weighted by Crippen LogP contribution is 2.27. The van der Waals surface area contributed by atoms with Gasteiger partial charge in [0.1, 0.15) is 0 Å². The van der Waals surface area contributed by atoms with Crippen LogP contribution in [-0.2, 0) is 0 Å². The molecule has 0 radical (unpaired) electrons. The molecule has 1 amide bonds. The van der Waals surface area contributed by atoms with Gasteiger partial charge in [-0.05, 0) is 56.3 Å². The molecule has 0 heterocycles. The van der Waals surface area contributed by atoms with Crippen LogP contribution in [-0.4, -0.2) is 24.5 Å². The van der Waals surface area contributed by atoms with Gasteiger partial charge in [0.05, 0.1) is 0 Å². The molecule has 2 atom stereocenters. The molecule has 4 nitrogen and oxygen atoms in total. The lowest BCUT2D eigenvalue weighted by Gasteiger charge is -2.32. The Bertz CT molecular complexity index is 499. The van der Waals surface area contributed by atoms with Crippen molar-refractivity contribution < 1.29 is 4.79 Å². The summed E-state index contributed by atoms with van der Waals surface area (Å²) in [6.07, 6.45) is 7.14. The number of carbonyl (C=O) groups is 1. The molecule has 0 saturated heterocycles. The van der Waals surface area contributed by atoms with Crippen LogP contribution in [0.25, 0.3) is 0 Å². The fourth-order valence-electron chi connectivity index (χ4n) is 3.14. The highest BCUT2D eigenvalue weighted by Gasteiger charge is 2.25. The molecular formula is C17H25N3O. The number of hydrogen-bond acceptors (Lipinski definition) is 3. The van der Waals surface area contributed by atoms with Crippen LogP contribution in [0.2, 0.25) is 0 Å². The lowest BCUT2D eigenvalue weighted by atomic mass is 9.84. The lowest BCUT2D eigenvalue weighted by Crippen LogP contribution is -2.36. The Kier molecular flexibility index (Phi) is 4.44. The van der Waals surface area contributed by atoms with E-state index in [0.29, 0.717) is 18.0 Å². The molecule has 0 aliphatic heterocycles. The maximum atomic E-state index is 12.1. The van der Waals surface area contributed by atoms with E-state index >= 15 is 0 Å². The minimum Gasteiger partial charge on any atom is -0.382 e. The largest absolute Gasteiger partial charge is 0.382 e. The second-order valence-corrected chi connectivity index (χ2v) is 6.36. The maximum Gasteiger partial charge on any atom is 0.251 e. The fraction of sp³-hybridized carbons (Fsp3) is 0.588. The second kappa shape index (κ2) is 6.48. The molecule has 21 heavy (non-hydrogen) atoms. The first kappa shape index (κ1) is 14.4. The number of hydrogen-bond donors (Lipinski definition) is 3. The van der Waals surface area contributed by atoms with Crippen LogP contribution in [0.3, 0.4) is 0 Å². The summed E-state index contributed by atoms with van der Waals surface area (Å²) in [6, 6.07) is 8.66. The first-order chi connectivity index (χ1) is 10.3. The Morgan fingerprint density at radius 2 is 2.00 bits per heavy atom. The number of anilines is 1. The molecule has 0 spiro atoms. The maximum absolute atomic E-state index is 12.1. The smallest absolute Gasteiger partial charge is 0.251 e. The monoisotopic (exact) mass is 287 g/mol. The fourth-order valence-corrected chi connectivity index (χ4v) is 3.14. The second-order valence-electron chi connectivity index (χ2n) is 6.36. The van der Waals surface area contributed by atoms with Crippen molar-refractivity contribution in [3.63, 3.8) is 0 Å². The summed E-state index contributed by atoms with van der Waals surface area (Å²) in [5.74, 6) is 0.586. The van der Waals surface area contributed by atoms with Gasteiger partial charge in [-0.15, -0.1) is 0 Å². The number of nitrogens with two attached hydrogens (primary N) is 1. The van der Waals surface area contributed by atoms with Crippen LogP contribution in [0.15, 0.2) is 24.3 Å². The molecule has 2 fully saturated rings. The molecule has 2 aliphatic carbocycles. The van der Waals surface area contributed by atoms with Crippen molar-refractivity contribution in [2.24, 2.45) is 11.7 Å². The van der Waals surface area contributed by atoms with Crippen LogP contribution >= 0.6 is 0 Å². The van der Waals surface area contributed by atoms with Crippen molar-refractivity contribution in [3.05, 3.63) is 29.8 Å². The van der Waals surface area contributed by atoms with Gasteiger partial charge < -0.3 is 16.4 Å². The summed E-state index contributed by atoms with van der Waals surface area (Å²) in [5, 5.41) is 6.62. The molecule has 3 rings (SSSR count). The van der Waals surface area contributed by atoms with E-state index in [0.717, 1.165) is 30.6 Å². The summed E-state index contributed by atoms with van der Waals surface area (Å²) >= 11 is 0. The Morgan fingerprint density at radius 1 is 1.19 bits per heavy atom. The third kappa shape index (κ3) is 3.76. The molecule has 2 aliphatic rings. The van der Waals surface area contributed by atoms with E-state index in [1.165, 1.54) is 25.7 Å². The number of carbonyl (C=O) groups excluding carboxylic acids is 1. The van der Waals surface area contributed by atoms with Crippen LogP contribution < -0.4 is 16.4 Å². The van der Waals surface area contributed by atoms with Gasteiger partial charge in [0.15, 0.2) is 0 Å². The van der Waals surface area contributed by atoms with Gasteiger partial charge in [-0.3, -0.25) is 4.79 Å².